The van der Waals surface area contributed by atoms with Gasteiger partial charge in [0.2, 0.25) is 5.82 Å². The number of nitrogens with zero attached hydrogens (tertiary/aromatic N) is 2. The Hall–Kier alpha value is -1.39. The summed E-state index contributed by atoms with van der Waals surface area (Å²) < 4.78 is 10.3. The molecule has 0 bridgehead atoms. The van der Waals surface area contributed by atoms with Crippen molar-refractivity contribution in [2.24, 2.45) is 0 Å². The van der Waals surface area contributed by atoms with Crippen LogP contribution in [-0.2, 0) is 4.74 Å². The van der Waals surface area contributed by atoms with Gasteiger partial charge in [0.1, 0.15) is 6.10 Å². The van der Waals surface area contributed by atoms with Crippen molar-refractivity contribution in [3.05, 3.63) is 47.1 Å². The molecule has 0 aliphatic carbocycles. The molecule has 0 amide bonds. The molecular formula is C11H11ClN2O2. The van der Waals surface area contributed by atoms with Crippen LogP contribution in [0, 0.1) is 0 Å². The summed E-state index contributed by atoms with van der Waals surface area (Å²) in [5.41, 5.74) is 0.974. The molecule has 0 aliphatic rings. The lowest BCUT2D eigenvalue weighted by molar-refractivity contribution is 0.0833. The van der Waals surface area contributed by atoms with Crippen LogP contribution in [0.4, 0.5) is 0 Å². The number of halogens is 1. The maximum atomic E-state index is 5.60. The van der Waals surface area contributed by atoms with Crippen LogP contribution in [0.5, 0.6) is 0 Å². The third-order valence-corrected chi connectivity index (χ3v) is 2.24. The molecule has 1 unspecified atom stereocenters. The Labute approximate surface area is 98.2 Å². The topological polar surface area (TPSA) is 48.2 Å². The normalized spacial score (nSPS) is 12.6. The third-order valence-electron chi connectivity index (χ3n) is 2.09. The molecule has 16 heavy (non-hydrogen) atoms. The minimum Gasteiger partial charge on any atom is -0.366 e. The number of hydrogen-bond acceptors (Lipinski definition) is 4. The van der Waals surface area contributed by atoms with E-state index in [0.717, 1.165) is 5.56 Å². The van der Waals surface area contributed by atoms with Gasteiger partial charge in [-0.2, -0.15) is 4.98 Å². The minimum atomic E-state index is -0.331. The Kier molecular flexibility index (Phi) is 3.54. The summed E-state index contributed by atoms with van der Waals surface area (Å²) in [5, 5.41) is 3.79. The molecule has 0 N–H and O–H groups in total. The van der Waals surface area contributed by atoms with Gasteiger partial charge in [0.25, 0.3) is 0 Å². The summed E-state index contributed by atoms with van der Waals surface area (Å²) in [7, 11) is 0. The van der Waals surface area contributed by atoms with E-state index in [4.69, 9.17) is 20.9 Å². The molecule has 4 nitrogen and oxygen atoms in total. The van der Waals surface area contributed by atoms with Gasteiger partial charge in [-0.1, -0.05) is 35.5 Å². The van der Waals surface area contributed by atoms with Gasteiger partial charge in [0.15, 0.2) is 0 Å². The van der Waals surface area contributed by atoms with Gasteiger partial charge in [-0.15, -0.1) is 0 Å². The zero-order valence-electron chi connectivity index (χ0n) is 8.76. The smallest absolute Gasteiger partial charge is 0.320 e. The first-order chi connectivity index (χ1) is 7.81. The number of ether oxygens (including phenoxy) is 1. The van der Waals surface area contributed by atoms with E-state index in [1.54, 1.807) is 0 Å². The lowest BCUT2D eigenvalue weighted by atomic mass is 10.1. The zero-order valence-corrected chi connectivity index (χ0v) is 9.52. The van der Waals surface area contributed by atoms with Crippen LogP contribution < -0.4 is 0 Å². The van der Waals surface area contributed by atoms with Crippen LogP contribution in [0.15, 0.2) is 34.9 Å². The van der Waals surface area contributed by atoms with Crippen molar-refractivity contribution < 1.29 is 9.26 Å². The molecular weight excluding hydrogens is 228 g/mol. The maximum absolute atomic E-state index is 5.60. The summed E-state index contributed by atoms with van der Waals surface area (Å²) in [5.74, 6) is 0.443. The largest absolute Gasteiger partial charge is 0.366 e. The summed E-state index contributed by atoms with van der Waals surface area (Å²) >= 11 is 5.60. The molecule has 1 aromatic carbocycles. The molecule has 0 saturated carbocycles. The Morgan fingerprint density at radius 1 is 1.38 bits per heavy atom. The van der Waals surface area contributed by atoms with E-state index in [2.05, 4.69) is 10.1 Å². The van der Waals surface area contributed by atoms with Crippen molar-refractivity contribution in [1.29, 1.82) is 0 Å². The van der Waals surface area contributed by atoms with Gasteiger partial charge in [0.05, 0.1) is 0 Å². The first-order valence-electron chi connectivity index (χ1n) is 4.97. The molecule has 1 heterocycles. The van der Waals surface area contributed by atoms with Gasteiger partial charge in [0, 0.05) is 6.61 Å². The quantitative estimate of drug-likeness (QED) is 0.822. The van der Waals surface area contributed by atoms with Crippen LogP contribution >= 0.6 is 11.6 Å². The van der Waals surface area contributed by atoms with Crippen LogP contribution in [0.1, 0.15) is 24.4 Å². The van der Waals surface area contributed by atoms with E-state index in [-0.39, 0.29) is 11.5 Å². The van der Waals surface area contributed by atoms with Crippen LogP contribution in [0.2, 0.25) is 5.35 Å². The molecule has 2 rings (SSSR count). The van der Waals surface area contributed by atoms with Crippen molar-refractivity contribution in [3.8, 4) is 0 Å². The average molecular weight is 239 g/mol. The first kappa shape index (κ1) is 11.1. The van der Waals surface area contributed by atoms with Gasteiger partial charge < -0.3 is 9.26 Å². The number of aromatic nitrogens is 2. The monoisotopic (exact) mass is 238 g/mol. The van der Waals surface area contributed by atoms with E-state index in [1.807, 2.05) is 37.3 Å². The Morgan fingerprint density at radius 2 is 2.12 bits per heavy atom. The molecule has 1 aromatic heterocycles. The summed E-state index contributed by atoms with van der Waals surface area (Å²) in [6, 6.07) is 9.71. The van der Waals surface area contributed by atoms with Crippen molar-refractivity contribution in [2.45, 2.75) is 13.0 Å². The van der Waals surface area contributed by atoms with Crippen molar-refractivity contribution >= 4 is 11.6 Å². The van der Waals surface area contributed by atoms with Crippen LogP contribution in [0.25, 0.3) is 0 Å². The highest BCUT2D eigenvalue weighted by atomic mass is 35.5. The Bertz CT molecular complexity index is 444. The fraction of sp³-hybridized carbons (Fsp3) is 0.273. The zero-order chi connectivity index (χ0) is 11.4. The highest BCUT2D eigenvalue weighted by molar-refractivity contribution is 6.27. The molecule has 1 atom stereocenters. The average Bonchev–Trinajstić information content (AvgIpc) is 2.74. The molecule has 0 saturated heterocycles. The van der Waals surface area contributed by atoms with E-state index in [9.17, 15) is 0 Å². The molecule has 5 heteroatoms. The van der Waals surface area contributed by atoms with E-state index < -0.39 is 0 Å². The lowest BCUT2D eigenvalue weighted by Crippen LogP contribution is -2.07. The van der Waals surface area contributed by atoms with Gasteiger partial charge in [-0.05, 0) is 24.1 Å². The molecule has 84 valence electrons. The third kappa shape index (κ3) is 2.40. The number of rotatable bonds is 4. The van der Waals surface area contributed by atoms with Crippen LogP contribution in [-0.4, -0.2) is 16.7 Å². The molecule has 0 radical (unpaired) electrons. The van der Waals surface area contributed by atoms with E-state index in [1.165, 1.54) is 0 Å². The SMILES string of the molecule is CCOC(c1ccccc1)c1noc(Cl)n1. The van der Waals surface area contributed by atoms with Gasteiger partial charge in [-0.3, -0.25) is 0 Å². The first-order valence-corrected chi connectivity index (χ1v) is 5.34. The molecule has 0 aliphatic heterocycles. The van der Waals surface area contributed by atoms with Crippen LogP contribution in [0.3, 0.4) is 0 Å². The maximum Gasteiger partial charge on any atom is 0.320 e. The minimum absolute atomic E-state index is 0.0237. The van der Waals surface area contributed by atoms with Gasteiger partial charge >= 0.3 is 5.35 Å². The Morgan fingerprint density at radius 3 is 2.69 bits per heavy atom. The van der Waals surface area contributed by atoms with Gasteiger partial charge in [-0.25, -0.2) is 0 Å². The second-order valence-electron chi connectivity index (χ2n) is 3.15. The summed E-state index contributed by atoms with van der Waals surface area (Å²) in [6.45, 7) is 2.48. The second-order valence-corrected chi connectivity index (χ2v) is 3.47. The second kappa shape index (κ2) is 5.09. The molecule has 2 aromatic rings. The van der Waals surface area contributed by atoms with E-state index in [0.29, 0.717) is 12.4 Å². The fourth-order valence-corrected chi connectivity index (χ4v) is 1.56. The number of benzene rings is 1. The Balaban J connectivity index is 2.31. The van der Waals surface area contributed by atoms with E-state index >= 15 is 0 Å². The standard InChI is InChI=1S/C11H11ClN2O2/c1-2-15-9(8-6-4-3-5-7-8)10-13-11(12)16-14-10/h3-7,9H,2H2,1H3. The predicted molar refractivity (Wildman–Crippen MR) is 59.2 cm³/mol. The van der Waals surface area contributed by atoms with Crippen molar-refractivity contribution in [3.63, 3.8) is 0 Å². The van der Waals surface area contributed by atoms with Crippen molar-refractivity contribution in [1.82, 2.24) is 10.1 Å². The fourth-order valence-electron chi connectivity index (χ4n) is 1.44. The lowest BCUT2D eigenvalue weighted by Gasteiger charge is -2.12. The highest BCUT2D eigenvalue weighted by Crippen LogP contribution is 2.24. The molecule has 0 spiro atoms. The molecule has 0 fully saturated rings. The predicted octanol–water partition coefficient (Wildman–Crippen LogP) is 2.85. The summed E-state index contributed by atoms with van der Waals surface area (Å²) in [6.07, 6.45) is -0.331. The van der Waals surface area contributed by atoms with Crippen molar-refractivity contribution in [2.75, 3.05) is 6.61 Å². The highest BCUT2D eigenvalue weighted by Gasteiger charge is 2.19. The summed E-state index contributed by atoms with van der Waals surface area (Å²) in [4.78, 5) is 3.97. The number of hydrogen-bond donors (Lipinski definition) is 0.